The lowest BCUT2D eigenvalue weighted by molar-refractivity contribution is 0.158. The van der Waals surface area contributed by atoms with E-state index in [-0.39, 0.29) is 0 Å². The van der Waals surface area contributed by atoms with Crippen LogP contribution in [0, 0.1) is 0 Å². The third-order valence-electron chi connectivity index (χ3n) is 4.32. The highest BCUT2D eigenvalue weighted by Crippen LogP contribution is 2.26. The number of hydrogen-bond acceptors (Lipinski definition) is 4. The Morgan fingerprint density at radius 1 is 1.25 bits per heavy atom. The molecular weight excluding hydrogens is 274 g/mol. The van der Waals surface area contributed by atoms with E-state index in [1.165, 1.54) is 6.42 Å². The third kappa shape index (κ3) is 2.48. The van der Waals surface area contributed by atoms with Gasteiger partial charge in [-0.25, -0.2) is 8.42 Å². The van der Waals surface area contributed by atoms with Gasteiger partial charge in [0.2, 0.25) is 10.0 Å². The predicted molar refractivity (Wildman–Crippen MR) is 77.7 cm³/mol. The van der Waals surface area contributed by atoms with Gasteiger partial charge in [-0.3, -0.25) is 4.90 Å². The molecule has 2 fully saturated rings. The fourth-order valence-electron chi connectivity index (χ4n) is 3.16. The van der Waals surface area contributed by atoms with E-state index < -0.39 is 10.0 Å². The minimum Gasteiger partial charge on any atom is -0.326 e. The summed E-state index contributed by atoms with van der Waals surface area (Å²) in [6.07, 6.45) is 2.29. The number of benzene rings is 1. The van der Waals surface area contributed by atoms with Crippen LogP contribution in [0.4, 0.5) is 0 Å². The normalized spacial score (nSPS) is 24.8. The molecule has 5 nitrogen and oxygen atoms in total. The van der Waals surface area contributed by atoms with Crippen LogP contribution < -0.4 is 5.73 Å². The summed E-state index contributed by atoms with van der Waals surface area (Å²) in [4.78, 5) is 2.77. The van der Waals surface area contributed by atoms with E-state index in [9.17, 15) is 8.42 Å². The average Bonchev–Trinajstić information content (AvgIpc) is 2.94. The van der Waals surface area contributed by atoms with Crippen molar-refractivity contribution in [3.63, 3.8) is 0 Å². The van der Waals surface area contributed by atoms with Gasteiger partial charge in [0.15, 0.2) is 0 Å². The first kappa shape index (κ1) is 14.0. The summed E-state index contributed by atoms with van der Waals surface area (Å²) in [6, 6.07) is 7.37. The number of rotatable bonds is 3. The van der Waals surface area contributed by atoms with Crippen molar-refractivity contribution in [1.82, 2.24) is 9.21 Å². The second-order valence-corrected chi connectivity index (χ2v) is 7.48. The van der Waals surface area contributed by atoms with Crippen molar-refractivity contribution >= 4 is 10.0 Å². The largest absolute Gasteiger partial charge is 0.326 e. The Morgan fingerprint density at radius 2 is 2.10 bits per heavy atom. The first-order valence-corrected chi connectivity index (χ1v) is 8.58. The Bertz CT molecular complexity index is 588. The standard InChI is InChI=1S/C14H21N3O2S/c15-10-12-3-1-5-14(9-12)20(18,19)17-8-7-16-6-2-4-13(16)11-17/h1,3,5,9,13H,2,4,6-8,10-11,15H2. The summed E-state index contributed by atoms with van der Waals surface area (Å²) in [5.74, 6) is 0. The van der Waals surface area contributed by atoms with Crippen molar-refractivity contribution in [2.75, 3.05) is 26.2 Å². The minimum atomic E-state index is -3.38. The maximum atomic E-state index is 12.7. The zero-order valence-electron chi connectivity index (χ0n) is 11.5. The van der Waals surface area contributed by atoms with Crippen LogP contribution in [0.5, 0.6) is 0 Å². The molecule has 0 aliphatic carbocycles. The smallest absolute Gasteiger partial charge is 0.243 e. The molecule has 0 aromatic heterocycles. The van der Waals surface area contributed by atoms with Crippen molar-refractivity contribution in [3.8, 4) is 0 Å². The molecule has 0 saturated carbocycles. The van der Waals surface area contributed by atoms with E-state index in [1.807, 2.05) is 6.07 Å². The summed E-state index contributed by atoms with van der Waals surface area (Å²) in [7, 11) is -3.38. The summed E-state index contributed by atoms with van der Waals surface area (Å²) in [6.45, 7) is 3.53. The number of fused-ring (bicyclic) bond motifs is 1. The molecule has 1 atom stereocenters. The highest BCUT2D eigenvalue weighted by Gasteiger charge is 2.36. The second-order valence-electron chi connectivity index (χ2n) is 5.55. The lowest BCUT2D eigenvalue weighted by Crippen LogP contribution is -2.51. The van der Waals surface area contributed by atoms with Crippen molar-refractivity contribution in [2.45, 2.75) is 30.3 Å². The molecule has 1 unspecified atom stereocenters. The number of hydrogen-bond donors (Lipinski definition) is 1. The molecule has 0 amide bonds. The van der Waals surface area contributed by atoms with E-state index >= 15 is 0 Å². The Morgan fingerprint density at radius 3 is 2.90 bits per heavy atom. The van der Waals surface area contributed by atoms with Crippen LogP contribution in [0.25, 0.3) is 0 Å². The molecule has 20 heavy (non-hydrogen) atoms. The molecular formula is C14H21N3O2S. The number of nitrogens with two attached hydrogens (primary N) is 1. The predicted octanol–water partition coefficient (Wildman–Crippen LogP) is 0.614. The monoisotopic (exact) mass is 295 g/mol. The Labute approximate surface area is 120 Å². The van der Waals surface area contributed by atoms with Gasteiger partial charge in [0.25, 0.3) is 0 Å². The summed E-state index contributed by atoms with van der Waals surface area (Å²) >= 11 is 0. The van der Waals surface area contributed by atoms with Crippen LogP contribution in [0.1, 0.15) is 18.4 Å². The van der Waals surface area contributed by atoms with Gasteiger partial charge >= 0.3 is 0 Å². The quantitative estimate of drug-likeness (QED) is 0.887. The topological polar surface area (TPSA) is 66.6 Å². The summed E-state index contributed by atoms with van der Waals surface area (Å²) < 4.78 is 27.1. The van der Waals surface area contributed by atoms with Crippen LogP contribution in [0.3, 0.4) is 0 Å². The highest BCUT2D eigenvalue weighted by atomic mass is 32.2. The molecule has 0 bridgehead atoms. The fraction of sp³-hybridized carbons (Fsp3) is 0.571. The molecule has 1 aromatic rings. The lowest BCUT2D eigenvalue weighted by atomic mass is 10.2. The van der Waals surface area contributed by atoms with Crippen LogP contribution >= 0.6 is 0 Å². The molecule has 2 N–H and O–H groups in total. The van der Waals surface area contributed by atoms with E-state index in [4.69, 9.17) is 5.73 Å². The van der Waals surface area contributed by atoms with Crippen LogP contribution in [-0.2, 0) is 16.6 Å². The van der Waals surface area contributed by atoms with Gasteiger partial charge < -0.3 is 5.73 Å². The van der Waals surface area contributed by atoms with Gasteiger partial charge in [-0.05, 0) is 37.1 Å². The van der Waals surface area contributed by atoms with Crippen LogP contribution in [0.2, 0.25) is 0 Å². The number of sulfonamides is 1. The minimum absolute atomic E-state index is 0.361. The SMILES string of the molecule is NCc1cccc(S(=O)(=O)N2CCN3CCCC3C2)c1. The van der Waals surface area contributed by atoms with Gasteiger partial charge in [0, 0.05) is 32.2 Å². The van der Waals surface area contributed by atoms with Gasteiger partial charge in [0.05, 0.1) is 4.90 Å². The number of piperazine rings is 1. The first-order chi connectivity index (χ1) is 9.61. The molecule has 3 rings (SSSR count). The lowest BCUT2D eigenvalue weighted by Gasteiger charge is -2.36. The summed E-state index contributed by atoms with van der Waals surface area (Å²) in [5.41, 5.74) is 6.45. The molecule has 2 saturated heterocycles. The van der Waals surface area contributed by atoms with Crippen molar-refractivity contribution in [2.24, 2.45) is 5.73 Å². The Balaban J connectivity index is 1.84. The molecule has 0 spiro atoms. The third-order valence-corrected chi connectivity index (χ3v) is 6.18. The Hall–Kier alpha value is -0.950. The molecule has 2 aliphatic heterocycles. The van der Waals surface area contributed by atoms with Crippen molar-refractivity contribution < 1.29 is 8.42 Å². The first-order valence-electron chi connectivity index (χ1n) is 7.14. The van der Waals surface area contributed by atoms with Gasteiger partial charge in [-0.2, -0.15) is 4.31 Å². The zero-order chi connectivity index (χ0) is 14.2. The van der Waals surface area contributed by atoms with Crippen molar-refractivity contribution in [1.29, 1.82) is 0 Å². The number of nitrogens with zero attached hydrogens (tertiary/aromatic N) is 2. The second kappa shape index (κ2) is 5.44. The van der Waals surface area contributed by atoms with Gasteiger partial charge in [-0.15, -0.1) is 0 Å². The van der Waals surface area contributed by atoms with E-state index in [0.29, 0.717) is 30.6 Å². The molecule has 0 radical (unpaired) electrons. The van der Waals surface area contributed by atoms with Gasteiger partial charge in [-0.1, -0.05) is 12.1 Å². The summed E-state index contributed by atoms with van der Waals surface area (Å²) in [5, 5.41) is 0. The maximum absolute atomic E-state index is 12.7. The van der Waals surface area contributed by atoms with Crippen molar-refractivity contribution in [3.05, 3.63) is 29.8 Å². The highest BCUT2D eigenvalue weighted by molar-refractivity contribution is 7.89. The van der Waals surface area contributed by atoms with Crippen LogP contribution in [-0.4, -0.2) is 49.8 Å². The molecule has 1 aromatic carbocycles. The average molecular weight is 295 g/mol. The van der Waals surface area contributed by atoms with E-state index in [1.54, 1.807) is 22.5 Å². The molecule has 110 valence electrons. The zero-order valence-corrected chi connectivity index (χ0v) is 12.3. The van der Waals surface area contributed by atoms with Gasteiger partial charge in [0.1, 0.15) is 0 Å². The fourth-order valence-corrected chi connectivity index (χ4v) is 4.70. The van der Waals surface area contributed by atoms with E-state index in [0.717, 1.165) is 25.1 Å². The molecule has 6 heteroatoms. The van der Waals surface area contributed by atoms with Crippen LogP contribution in [0.15, 0.2) is 29.2 Å². The Kier molecular flexibility index (Phi) is 3.81. The maximum Gasteiger partial charge on any atom is 0.243 e. The van der Waals surface area contributed by atoms with E-state index in [2.05, 4.69) is 4.90 Å². The molecule has 2 aliphatic rings. The molecule has 2 heterocycles.